The number of carbonyl (C=O) groups excluding carboxylic acids is 2. The summed E-state index contributed by atoms with van der Waals surface area (Å²) >= 11 is 5.79. The predicted molar refractivity (Wildman–Crippen MR) is 98.1 cm³/mol. The topological polar surface area (TPSA) is 130 Å². The molecule has 2 aromatic carbocycles. The number of carboxylic acids is 2. The molecule has 0 aliphatic rings. The molecule has 9 heteroatoms. The molecule has 0 unspecified atom stereocenters. The van der Waals surface area contributed by atoms with E-state index in [2.05, 4.69) is 0 Å². The second-order valence-corrected chi connectivity index (χ2v) is 6.23. The average Bonchev–Trinajstić information content (AvgIpc) is 2.64. The van der Waals surface area contributed by atoms with E-state index in [4.69, 9.17) is 26.6 Å². The van der Waals surface area contributed by atoms with Crippen LogP contribution in [0.5, 0.6) is 5.75 Å². The van der Waals surface area contributed by atoms with Crippen LogP contribution in [0.4, 0.5) is 0 Å². The second-order valence-electron chi connectivity index (χ2n) is 5.79. The molecule has 0 heterocycles. The molecular formula is C19H16ClNO7. The highest BCUT2D eigenvalue weighted by Crippen LogP contribution is 2.16. The van der Waals surface area contributed by atoms with Gasteiger partial charge in [0, 0.05) is 11.4 Å². The van der Waals surface area contributed by atoms with Crippen molar-refractivity contribution in [1.82, 2.24) is 5.32 Å². The molecule has 0 bridgehead atoms. The monoisotopic (exact) mass is 405 g/mol. The normalized spacial score (nSPS) is 11.3. The fraction of sp³-hybridized carbons (Fsp3) is 0.158. The van der Waals surface area contributed by atoms with E-state index < -0.39 is 29.9 Å². The Balaban J connectivity index is 1.95. The first kappa shape index (κ1) is 20.9. The highest BCUT2D eigenvalue weighted by atomic mass is 35.5. The maximum absolute atomic E-state index is 12.0. The number of ether oxygens (including phenoxy) is 1. The van der Waals surface area contributed by atoms with Gasteiger partial charge in [-0.05, 0) is 35.4 Å². The number of rotatable bonds is 7. The maximum Gasteiger partial charge on any atom is 0.394 e. The van der Waals surface area contributed by atoms with Gasteiger partial charge in [-0.25, -0.2) is 9.59 Å². The first-order valence-corrected chi connectivity index (χ1v) is 8.43. The van der Waals surface area contributed by atoms with Crippen molar-refractivity contribution in [2.45, 2.75) is 18.9 Å². The molecule has 28 heavy (non-hydrogen) atoms. The Morgan fingerprint density at radius 2 is 1.50 bits per heavy atom. The quantitative estimate of drug-likeness (QED) is 0.363. The molecule has 0 aliphatic heterocycles. The van der Waals surface area contributed by atoms with Crippen molar-refractivity contribution in [2.75, 3.05) is 0 Å². The van der Waals surface area contributed by atoms with Crippen LogP contribution >= 0.6 is 11.6 Å². The predicted octanol–water partition coefficient (Wildman–Crippen LogP) is 1.68. The van der Waals surface area contributed by atoms with Crippen molar-refractivity contribution in [1.29, 1.82) is 0 Å². The molecule has 0 radical (unpaired) electrons. The fourth-order valence-electron chi connectivity index (χ4n) is 2.29. The Kier molecular flexibility index (Phi) is 7.11. The Labute approximate surface area is 164 Å². The minimum Gasteiger partial charge on any atom is -0.480 e. The van der Waals surface area contributed by atoms with E-state index in [0.717, 1.165) is 5.56 Å². The average molecular weight is 406 g/mol. The van der Waals surface area contributed by atoms with E-state index in [9.17, 15) is 19.2 Å². The summed E-state index contributed by atoms with van der Waals surface area (Å²) in [5.74, 6) is -4.75. The number of benzene rings is 2. The summed E-state index contributed by atoms with van der Waals surface area (Å²) in [6, 6.07) is 11.4. The van der Waals surface area contributed by atoms with Gasteiger partial charge in [0.15, 0.2) is 0 Å². The van der Waals surface area contributed by atoms with Crippen LogP contribution in [0, 0.1) is 0 Å². The van der Waals surface area contributed by atoms with E-state index in [1.807, 2.05) is 5.32 Å². The lowest BCUT2D eigenvalue weighted by atomic mass is 10.1. The lowest BCUT2D eigenvalue weighted by Crippen LogP contribution is -2.45. The summed E-state index contributed by atoms with van der Waals surface area (Å²) in [5, 5.41) is 20.1. The van der Waals surface area contributed by atoms with Crippen LogP contribution in [0.2, 0.25) is 5.02 Å². The zero-order chi connectivity index (χ0) is 20.7. The molecule has 1 amide bonds. The molecular weight excluding hydrogens is 390 g/mol. The van der Waals surface area contributed by atoms with Gasteiger partial charge in [0.25, 0.3) is 0 Å². The zero-order valence-corrected chi connectivity index (χ0v) is 15.2. The molecule has 0 aliphatic carbocycles. The van der Waals surface area contributed by atoms with Gasteiger partial charge in [0.2, 0.25) is 0 Å². The number of nitrogens with one attached hydrogen (secondary N) is 1. The maximum atomic E-state index is 12.0. The third-order valence-electron chi connectivity index (χ3n) is 3.65. The number of esters is 1. The Bertz CT molecular complexity index is 878. The summed E-state index contributed by atoms with van der Waals surface area (Å²) in [6.45, 7) is 0. The second kappa shape index (κ2) is 9.52. The zero-order valence-electron chi connectivity index (χ0n) is 14.4. The van der Waals surface area contributed by atoms with E-state index in [1.165, 1.54) is 24.3 Å². The molecule has 146 valence electrons. The summed E-state index contributed by atoms with van der Waals surface area (Å²) < 4.78 is 5.22. The van der Waals surface area contributed by atoms with Gasteiger partial charge in [-0.1, -0.05) is 35.9 Å². The van der Waals surface area contributed by atoms with Crippen molar-refractivity contribution in [3.8, 4) is 5.75 Å². The first-order valence-electron chi connectivity index (χ1n) is 8.05. The van der Waals surface area contributed by atoms with Crippen molar-refractivity contribution in [3.05, 3.63) is 64.7 Å². The van der Waals surface area contributed by atoms with Crippen LogP contribution in [-0.4, -0.2) is 40.1 Å². The van der Waals surface area contributed by atoms with Gasteiger partial charge in [-0.15, -0.1) is 0 Å². The third-order valence-corrected chi connectivity index (χ3v) is 3.91. The Morgan fingerprint density at radius 3 is 2.04 bits per heavy atom. The van der Waals surface area contributed by atoms with Crippen LogP contribution in [0.1, 0.15) is 11.1 Å². The van der Waals surface area contributed by atoms with Gasteiger partial charge < -0.3 is 20.3 Å². The molecule has 2 aromatic rings. The van der Waals surface area contributed by atoms with Crippen molar-refractivity contribution >= 4 is 35.4 Å². The van der Waals surface area contributed by atoms with Crippen LogP contribution in [0.15, 0.2) is 48.5 Å². The van der Waals surface area contributed by atoms with Crippen LogP contribution < -0.4 is 10.1 Å². The summed E-state index contributed by atoms with van der Waals surface area (Å²) in [4.78, 5) is 44.8. The summed E-state index contributed by atoms with van der Waals surface area (Å²) in [6.07, 6.45) is -0.0748. The number of carboxylic acid groups (broad SMARTS) is 2. The van der Waals surface area contributed by atoms with Crippen LogP contribution in [0.25, 0.3) is 0 Å². The number of hydrogen-bond donors (Lipinski definition) is 3. The number of halogens is 1. The largest absolute Gasteiger partial charge is 0.480 e. The number of aliphatic carboxylic acids is 2. The highest BCUT2D eigenvalue weighted by molar-refractivity contribution is 6.32. The number of amides is 1. The van der Waals surface area contributed by atoms with Gasteiger partial charge in [-0.2, -0.15) is 0 Å². The Morgan fingerprint density at radius 1 is 0.929 bits per heavy atom. The van der Waals surface area contributed by atoms with Crippen molar-refractivity contribution in [3.63, 3.8) is 0 Å². The minimum atomic E-state index is -1.77. The molecule has 0 aromatic heterocycles. The first-order chi connectivity index (χ1) is 13.2. The lowest BCUT2D eigenvalue weighted by molar-refractivity contribution is -0.152. The van der Waals surface area contributed by atoms with Crippen molar-refractivity contribution < 1.29 is 34.1 Å². The summed E-state index contributed by atoms with van der Waals surface area (Å²) in [5.41, 5.74) is 1.25. The van der Waals surface area contributed by atoms with Gasteiger partial charge in [0.05, 0.1) is 6.42 Å². The molecule has 0 fully saturated rings. The summed E-state index contributed by atoms with van der Waals surface area (Å²) in [7, 11) is 0. The molecule has 8 nitrogen and oxygen atoms in total. The number of carbonyl (C=O) groups is 4. The Hall–Kier alpha value is -3.39. The SMILES string of the molecule is O=C(Cc1ccc(Cl)cc1)Oc1ccc(C[C@@H](NC(=O)C(=O)O)C(=O)O)cc1. The number of hydrogen-bond acceptors (Lipinski definition) is 5. The van der Waals surface area contributed by atoms with E-state index in [0.29, 0.717) is 10.6 Å². The third kappa shape index (κ3) is 6.40. The molecule has 0 saturated carbocycles. The van der Waals surface area contributed by atoms with Crippen LogP contribution in [0.3, 0.4) is 0 Å². The van der Waals surface area contributed by atoms with E-state index >= 15 is 0 Å². The molecule has 0 saturated heterocycles. The molecule has 1 atom stereocenters. The molecule has 2 rings (SSSR count). The van der Waals surface area contributed by atoms with Gasteiger partial charge in [-0.3, -0.25) is 9.59 Å². The van der Waals surface area contributed by atoms with E-state index in [1.54, 1.807) is 24.3 Å². The standard InChI is InChI=1S/C19H16ClNO7/c20-13-5-1-12(2-6-13)10-16(22)28-14-7-3-11(4-8-14)9-15(18(24)25)21-17(23)19(26)27/h1-8,15H,9-10H2,(H,21,23)(H,24,25)(H,26,27)/t15-/m1/s1. The van der Waals surface area contributed by atoms with Gasteiger partial charge in [0.1, 0.15) is 11.8 Å². The molecule has 3 N–H and O–H groups in total. The lowest BCUT2D eigenvalue weighted by Gasteiger charge is -2.13. The fourth-order valence-corrected chi connectivity index (χ4v) is 2.41. The van der Waals surface area contributed by atoms with Gasteiger partial charge >= 0.3 is 23.8 Å². The molecule has 0 spiro atoms. The highest BCUT2D eigenvalue weighted by Gasteiger charge is 2.23. The minimum absolute atomic E-state index is 0.0568. The van der Waals surface area contributed by atoms with E-state index in [-0.39, 0.29) is 18.6 Å². The van der Waals surface area contributed by atoms with Crippen molar-refractivity contribution in [2.24, 2.45) is 0 Å². The van der Waals surface area contributed by atoms with Crippen LogP contribution in [-0.2, 0) is 32.0 Å². The smallest absolute Gasteiger partial charge is 0.394 e.